The average molecular weight is 408 g/mol. The molecule has 2 heterocycles. The molecule has 0 aliphatic carbocycles. The van der Waals surface area contributed by atoms with Gasteiger partial charge in [-0.05, 0) is 41.6 Å². The van der Waals surface area contributed by atoms with Crippen molar-refractivity contribution in [1.29, 1.82) is 0 Å². The van der Waals surface area contributed by atoms with Crippen molar-refractivity contribution in [2.75, 3.05) is 19.4 Å². The minimum atomic E-state index is -3.30. The van der Waals surface area contributed by atoms with Crippen LogP contribution < -0.4 is 10.1 Å². The lowest BCUT2D eigenvalue weighted by molar-refractivity contribution is -0.129. The molecule has 1 N–H and O–H groups in total. The van der Waals surface area contributed by atoms with Gasteiger partial charge in [-0.1, -0.05) is 12.1 Å². The van der Waals surface area contributed by atoms with E-state index in [2.05, 4.69) is 5.32 Å². The third kappa shape index (κ3) is 4.65. The standard InChI is InChI=1S/C17H16N2O6S2/c1-25-13-4-2-11(3-5-13)8-14-16(21)19(17(22)26-14)9-15(20)18-12-6-7-27(23,24)10-12/h2-8,12H,9-10H2,1H3,(H-,18,20,23,24)/b14-8+. The summed E-state index contributed by atoms with van der Waals surface area (Å²) in [6.07, 6.45) is 2.93. The van der Waals surface area contributed by atoms with E-state index < -0.39 is 39.9 Å². The first kappa shape index (κ1) is 19.3. The van der Waals surface area contributed by atoms with E-state index in [9.17, 15) is 23.1 Å². The van der Waals surface area contributed by atoms with Crippen molar-refractivity contribution in [3.63, 3.8) is 0 Å². The van der Waals surface area contributed by atoms with Gasteiger partial charge in [-0.15, -0.1) is 4.21 Å². The summed E-state index contributed by atoms with van der Waals surface area (Å²) in [5.41, 5.74) is 0.715. The molecule has 2 aliphatic heterocycles. The van der Waals surface area contributed by atoms with Crippen molar-refractivity contribution < 1.29 is 27.9 Å². The molecule has 1 fully saturated rings. The number of hydrogen-bond donors (Lipinski definition) is 1. The minimum Gasteiger partial charge on any atom is -0.610 e. The Morgan fingerprint density at radius 1 is 1.41 bits per heavy atom. The molecular formula is C17H16N2O6S2. The van der Waals surface area contributed by atoms with Crippen LogP contribution in [0.5, 0.6) is 5.75 Å². The number of rotatable bonds is 5. The molecule has 2 unspecified atom stereocenters. The number of carbonyl (C=O) groups excluding carboxylic acids is 3. The Kier molecular flexibility index (Phi) is 5.49. The van der Waals surface area contributed by atoms with Gasteiger partial charge in [0.1, 0.15) is 23.5 Å². The summed E-state index contributed by atoms with van der Waals surface area (Å²) in [5.74, 6) is -0.724. The minimum absolute atomic E-state index is 0.210. The highest BCUT2D eigenvalue weighted by Crippen LogP contribution is 2.32. The molecule has 0 bridgehead atoms. The van der Waals surface area contributed by atoms with Crippen LogP contribution in [0, 0.1) is 0 Å². The Labute approximate surface area is 160 Å². The second-order valence-corrected chi connectivity index (χ2v) is 8.80. The predicted molar refractivity (Wildman–Crippen MR) is 100 cm³/mol. The first-order chi connectivity index (χ1) is 12.8. The Bertz CT molecular complexity index is 893. The summed E-state index contributed by atoms with van der Waals surface area (Å²) >= 11 is 0.748. The van der Waals surface area contributed by atoms with Crippen LogP contribution in [0.4, 0.5) is 4.79 Å². The van der Waals surface area contributed by atoms with Crippen LogP contribution in [-0.2, 0) is 24.0 Å². The molecule has 2 atom stereocenters. The highest BCUT2D eigenvalue weighted by molar-refractivity contribution is 8.18. The van der Waals surface area contributed by atoms with Gasteiger partial charge >= 0.3 is 0 Å². The van der Waals surface area contributed by atoms with Gasteiger partial charge in [-0.25, -0.2) is 0 Å². The fourth-order valence-corrected chi connectivity index (χ4v) is 4.62. The molecule has 1 aromatic rings. The van der Waals surface area contributed by atoms with Gasteiger partial charge in [-0.2, -0.15) is 0 Å². The number of sulfone groups is 1. The predicted octanol–water partition coefficient (Wildman–Crippen LogP) is 1.37. The van der Waals surface area contributed by atoms with Crippen molar-refractivity contribution in [3.05, 3.63) is 46.2 Å². The first-order valence-electron chi connectivity index (χ1n) is 7.87. The molecule has 27 heavy (non-hydrogen) atoms. The monoisotopic (exact) mass is 408 g/mol. The van der Waals surface area contributed by atoms with E-state index in [-0.39, 0.29) is 10.7 Å². The average Bonchev–Trinajstić information content (AvgIpc) is 3.09. The molecule has 3 amide bonds. The zero-order valence-electron chi connectivity index (χ0n) is 14.2. The Balaban J connectivity index is 1.63. The van der Waals surface area contributed by atoms with Gasteiger partial charge in [0.2, 0.25) is 5.91 Å². The molecule has 142 valence electrons. The number of amides is 3. The molecule has 0 saturated carbocycles. The fourth-order valence-electron chi connectivity index (χ4n) is 2.55. The molecule has 3 rings (SSSR count). The summed E-state index contributed by atoms with van der Waals surface area (Å²) in [4.78, 5) is 37.6. The van der Waals surface area contributed by atoms with E-state index in [1.165, 1.54) is 6.08 Å². The zero-order chi connectivity index (χ0) is 19.6. The summed E-state index contributed by atoms with van der Waals surface area (Å²) in [5, 5.41) is 2.97. The molecule has 1 aromatic carbocycles. The van der Waals surface area contributed by atoms with Crippen LogP contribution in [0.2, 0.25) is 0 Å². The van der Waals surface area contributed by atoms with Crippen LogP contribution in [0.1, 0.15) is 5.56 Å². The van der Waals surface area contributed by atoms with Crippen LogP contribution in [0.25, 0.3) is 6.08 Å². The van der Waals surface area contributed by atoms with Crippen LogP contribution in [0.3, 0.4) is 0 Å². The number of carbonyl (C=O) groups is 3. The van der Waals surface area contributed by atoms with Gasteiger partial charge < -0.3 is 14.6 Å². The Morgan fingerprint density at radius 3 is 2.70 bits per heavy atom. The number of nitrogens with zero attached hydrogens (tertiary/aromatic N) is 1. The van der Waals surface area contributed by atoms with Crippen LogP contribution in [-0.4, -0.2) is 52.0 Å². The number of hydrogen-bond acceptors (Lipinski definition) is 7. The van der Waals surface area contributed by atoms with Crippen LogP contribution >= 0.6 is 11.8 Å². The number of benzene rings is 1. The number of thioether (sulfide) groups is 1. The molecule has 2 aliphatic rings. The highest BCUT2D eigenvalue weighted by Gasteiger charge is 2.37. The third-order valence-corrected chi connectivity index (χ3v) is 6.17. The maximum absolute atomic E-state index is 12.4. The van der Waals surface area contributed by atoms with Crippen molar-refractivity contribution in [2.45, 2.75) is 6.04 Å². The van der Waals surface area contributed by atoms with Gasteiger partial charge in [-0.3, -0.25) is 19.3 Å². The number of imide groups is 1. The number of ether oxygens (including phenoxy) is 1. The molecule has 10 heteroatoms. The molecule has 0 spiro atoms. The van der Waals surface area contributed by atoms with E-state index >= 15 is 0 Å². The lowest BCUT2D eigenvalue weighted by atomic mass is 10.2. The molecule has 0 aromatic heterocycles. The van der Waals surface area contributed by atoms with Gasteiger partial charge in [0.15, 0.2) is 0 Å². The second kappa shape index (κ2) is 7.67. The van der Waals surface area contributed by atoms with Crippen molar-refractivity contribution in [3.8, 4) is 5.75 Å². The van der Waals surface area contributed by atoms with E-state index in [4.69, 9.17) is 4.74 Å². The lowest BCUT2D eigenvalue weighted by Gasteiger charge is -2.15. The second-order valence-electron chi connectivity index (χ2n) is 5.87. The maximum atomic E-state index is 12.4. The Hall–Kier alpha value is -2.43. The van der Waals surface area contributed by atoms with Crippen LogP contribution in [0.15, 0.2) is 40.7 Å². The van der Waals surface area contributed by atoms with Gasteiger partial charge in [0.05, 0.1) is 28.3 Å². The van der Waals surface area contributed by atoms with E-state index in [1.807, 2.05) is 0 Å². The molecular weight excluding hydrogens is 392 g/mol. The summed E-state index contributed by atoms with van der Waals surface area (Å²) in [6.45, 7) is -0.463. The van der Waals surface area contributed by atoms with Crippen molar-refractivity contribution in [1.82, 2.24) is 10.2 Å². The van der Waals surface area contributed by atoms with E-state index in [1.54, 1.807) is 37.5 Å². The third-order valence-electron chi connectivity index (χ3n) is 3.87. The fraction of sp³-hybridized carbons (Fsp3) is 0.235. The first-order valence-corrected chi connectivity index (χ1v) is 10.4. The summed E-state index contributed by atoms with van der Waals surface area (Å²) in [7, 11) is -1.76. The normalized spacial score (nSPS) is 26.1. The molecule has 1 saturated heterocycles. The van der Waals surface area contributed by atoms with Crippen molar-refractivity contribution in [2.24, 2.45) is 0 Å². The Morgan fingerprint density at radius 2 is 2.11 bits per heavy atom. The van der Waals surface area contributed by atoms with Crippen molar-refractivity contribution >= 4 is 45.1 Å². The number of nitrogens with one attached hydrogen (secondary N) is 1. The summed E-state index contributed by atoms with van der Waals surface area (Å²) in [6, 6.07) is 6.29. The largest absolute Gasteiger partial charge is 0.610 e. The molecule has 8 nitrogen and oxygen atoms in total. The maximum Gasteiger partial charge on any atom is 0.294 e. The smallest absolute Gasteiger partial charge is 0.294 e. The zero-order valence-corrected chi connectivity index (χ0v) is 15.9. The van der Waals surface area contributed by atoms with Gasteiger partial charge in [0.25, 0.3) is 11.1 Å². The number of methoxy groups -OCH3 is 1. The van der Waals surface area contributed by atoms with E-state index in [0.717, 1.165) is 22.1 Å². The SMILES string of the molecule is COc1ccc(/C=C2/SC(=O)N(CC(=O)NC3C=C[S+](=O)([O-])C3)C2=O)cc1. The highest BCUT2D eigenvalue weighted by atomic mass is 32.3. The van der Waals surface area contributed by atoms with E-state index in [0.29, 0.717) is 11.3 Å². The van der Waals surface area contributed by atoms with Gasteiger partial charge in [0, 0.05) is 0 Å². The summed E-state index contributed by atoms with van der Waals surface area (Å²) < 4.78 is 27.8. The topological polar surface area (TPSA) is 116 Å². The lowest BCUT2D eigenvalue weighted by Crippen LogP contribution is -2.44. The quantitative estimate of drug-likeness (QED) is 0.578. The molecule has 0 radical (unpaired) electrons.